The molecule has 21 heavy (non-hydrogen) atoms. The monoisotopic (exact) mass is 300 g/mol. The minimum absolute atomic E-state index is 0.0892. The molecule has 0 aliphatic rings. The molecule has 1 heterocycles. The predicted molar refractivity (Wildman–Crippen MR) is 71.9 cm³/mol. The highest BCUT2D eigenvalue weighted by molar-refractivity contribution is 5.74. The third-order valence-corrected chi connectivity index (χ3v) is 2.87. The van der Waals surface area contributed by atoms with E-state index in [0.29, 0.717) is 10.6 Å². The lowest BCUT2D eigenvalue weighted by molar-refractivity contribution is -0.137. The quantitative estimate of drug-likeness (QED) is 0.467. The highest BCUT2D eigenvalue weighted by atomic mass is 19.4. The number of phenols is 1. The van der Waals surface area contributed by atoms with Crippen LogP contribution < -0.4 is 22.8 Å². The summed E-state index contributed by atoms with van der Waals surface area (Å²) < 4.78 is 39.0. The standard InChI is InChI=1S/C12H11F3N4O2/c13-12(14,15)6-1-2-9(21)19(11(6)18)5-3-7(16)10(17)8(20)4-5/h1-4,20H,16-18H2. The molecule has 0 fully saturated rings. The van der Waals surface area contributed by atoms with Crippen molar-refractivity contribution in [3.8, 4) is 11.4 Å². The van der Waals surface area contributed by atoms with E-state index in [-0.39, 0.29) is 17.1 Å². The van der Waals surface area contributed by atoms with Gasteiger partial charge in [0.25, 0.3) is 5.56 Å². The summed E-state index contributed by atoms with van der Waals surface area (Å²) in [5.74, 6) is -1.27. The maximum atomic E-state index is 12.8. The Morgan fingerprint density at radius 3 is 2.24 bits per heavy atom. The fourth-order valence-corrected chi connectivity index (χ4v) is 1.83. The van der Waals surface area contributed by atoms with Crippen LogP contribution in [0.3, 0.4) is 0 Å². The van der Waals surface area contributed by atoms with E-state index in [0.717, 1.165) is 18.2 Å². The number of alkyl halides is 3. The third-order valence-electron chi connectivity index (χ3n) is 2.87. The highest BCUT2D eigenvalue weighted by Gasteiger charge is 2.34. The van der Waals surface area contributed by atoms with Crippen LogP contribution in [0.4, 0.5) is 30.4 Å². The van der Waals surface area contributed by atoms with Gasteiger partial charge in [0.2, 0.25) is 0 Å². The Bertz CT molecular complexity index is 745. The van der Waals surface area contributed by atoms with Gasteiger partial charge in [0.1, 0.15) is 11.6 Å². The number of hydrogen-bond acceptors (Lipinski definition) is 5. The van der Waals surface area contributed by atoms with Crippen LogP contribution in [-0.2, 0) is 6.18 Å². The van der Waals surface area contributed by atoms with E-state index in [1.807, 2.05) is 0 Å². The van der Waals surface area contributed by atoms with E-state index in [4.69, 9.17) is 17.2 Å². The number of hydrogen-bond donors (Lipinski definition) is 4. The molecule has 2 aromatic rings. The molecule has 0 saturated heterocycles. The number of nitrogens with zero attached hydrogens (tertiary/aromatic N) is 1. The average Bonchev–Trinajstić information content (AvgIpc) is 2.34. The smallest absolute Gasteiger partial charge is 0.419 e. The molecule has 0 atom stereocenters. The number of aromatic nitrogens is 1. The molecule has 0 unspecified atom stereocenters. The van der Waals surface area contributed by atoms with Crippen molar-refractivity contribution in [1.82, 2.24) is 4.57 Å². The second-order valence-corrected chi connectivity index (χ2v) is 4.27. The number of benzene rings is 1. The summed E-state index contributed by atoms with van der Waals surface area (Å²) in [5, 5.41) is 9.57. The Morgan fingerprint density at radius 2 is 1.71 bits per heavy atom. The largest absolute Gasteiger partial charge is 0.506 e. The van der Waals surface area contributed by atoms with E-state index in [2.05, 4.69) is 0 Å². The number of nitrogen functional groups attached to an aromatic ring is 3. The fourth-order valence-electron chi connectivity index (χ4n) is 1.83. The summed E-state index contributed by atoms with van der Waals surface area (Å²) in [5.41, 5.74) is 14.1. The Labute approximate surface area is 116 Å². The van der Waals surface area contributed by atoms with Gasteiger partial charge in [0.15, 0.2) is 0 Å². The van der Waals surface area contributed by atoms with Crippen LogP contribution in [0.1, 0.15) is 5.56 Å². The van der Waals surface area contributed by atoms with Gasteiger partial charge in [0, 0.05) is 12.1 Å². The van der Waals surface area contributed by atoms with Crippen molar-refractivity contribution in [2.24, 2.45) is 0 Å². The van der Waals surface area contributed by atoms with Crippen molar-refractivity contribution in [2.75, 3.05) is 17.2 Å². The Balaban J connectivity index is 2.79. The van der Waals surface area contributed by atoms with E-state index in [1.54, 1.807) is 0 Å². The number of pyridine rings is 1. The van der Waals surface area contributed by atoms with E-state index in [1.165, 1.54) is 0 Å². The van der Waals surface area contributed by atoms with Crippen molar-refractivity contribution in [3.63, 3.8) is 0 Å². The van der Waals surface area contributed by atoms with Gasteiger partial charge < -0.3 is 22.3 Å². The molecule has 1 aromatic heterocycles. The first kappa shape index (κ1) is 14.6. The molecule has 1 aromatic carbocycles. The van der Waals surface area contributed by atoms with Crippen molar-refractivity contribution < 1.29 is 18.3 Å². The molecular weight excluding hydrogens is 289 g/mol. The minimum atomic E-state index is -4.72. The van der Waals surface area contributed by atoms with Gasteiger partial charge >= 0.3 is 6.18 Å². The van der Waals surface area contributed by atoms with Crippen LogP contribution in [-0.4, -0.2) is 9.67 Å². The lowest BCUT2D eigenvalue weighted by Crippen LogP contribution is -2.24. The molecule has 7 N–H and O–H groups in total. The molecule has 9 heteroatoms. The molecule has 0 radical (unpaired) electrons. The van der Waals surface area contributed by atoms with Crippen LogP contribution in [0, 0.1) is 0 Å². The molecule has 0 bridgehead atoms. The summed E-state index contributed by atoms with van der Waals surface area (Å²) in [6.07, 6.45) is -4.72. The normalized spacial score (nSPS) is 11.6. The van der Waals surface area contributed by atoms with Gasteiger partial charge in [-0.15, -0.1) is 0 Å². The Hall–Kier alpha value is -2.84. The fraction of sp³-hybridized carbons (Fsp3) is 0.0833. The second kappa shape index (κ2) is 4.62. The zero-order valence-corrected chi connectivity index (χ0v) is 10.5. The highest BCUT2D eigenvalue weighted by Crippen LogP contribution is 2.35. The van der Waals surface area contributed by atoms with E-state index >= 15 is 0 Å². The number of nitrogens with two attached hydrogens (primary N) is 3. The Kier molecular flexibility index (Phi) is 3.20. The summed E-state index contributed by atoms with van der Waals surface area (Å²) in [4.78, 5) is 11.8. The average molecular weight is 300 g/mol. The number of aromatic hydroxyl groups is 1. The zero-order valence-electron chi connectivity index (χ0n) is 10.5. The molecule has 2 rings (SSSR count). The number of phenolic OH excluding ortho intramolecular Hbond substituents is 1. The van der Waals surface area contributed by atoms with E-state index < -0.39 is 28.9 Å². The molecule has 0 spiro atoms. The van der Waals surface area contributed by atoms with Gasteiger partial charge in [-0.05, 0) is 12.1 Å². The predicted octanol–water partition coefficient (Wildman–Crippen LogP) is 1.31. The zero-order chi connectivity index (χ0) is 15.9. The van der Waals surface area contributed by atoms with Crippen molar-refractivity contribution in [2.45, 2.75) is 6.18 Å². The maximum absolute atomic E-state index is 12.8. The molecule has 6 nitrogen and oxygen atoms in total. The Morgan fingerprint density at radius 1 is 1.10 bits per heavy atom. The first-order chi connectivity index (χ1) is 9.62. The van der Waals surface area contributed by atoms with Crippen LogP contribution in [0.15, 0.2) is 29.1 Å². The summed E-state index contributed by atoms with van der Waals surface area (Å²) in [7, 11) is 0. The molecule has 112 valence electrons. The second-order valence-electron chi connectivity index (χ2n) is 4.27. The van der Waals surface area contributed by atoms with Crippen molar-refractivity contribution >= 4 is 17.2 Å². The third kappa shape index (κ3) is 2.45. The first-order valence-electron chi connectivity index (χ1n) is 5.60. The van der Waals surface area contributed by atoms with Crippen molar-refractivity contribution in [1.29, 1.82) is 0 Å². The van der Waals surface area contributed by atoms with E-state index in [9.17, 15) is 23.1 Å². The number of halogens is 3. The van der Waals surface area contributed by atoms with Crippen LogP contribution >= 0.6 is 0 Å². The molecule has 0 amide bonds. The van der Waals surface area contributed by atoms with Gasteiger partial charge in [-0.2, -0.15) is 13.2 Å². The molecule has 0 aliphatic carbocycles. The minimum Gasteiger partial charge on any atom is -0.506 e. The van der Waals surface area contributed by atoms with Gasteiger partial charge in [-0.1, -0.05) is 0 Å². The molecule has 0 saturated carbocycles. The lowest BCUT2D eigenvalue weighted by atomic mass is 10.2. The van der Waals surface area contributed by atoms with Crippen molar-refractivity contribution in [3.05, 3.63) is 40.2 Å². The van der Waals surface area contributed by atoms with Crippen LogP contribution in [0.2, 0.25) is 0 Å². The maximum Gasteiger partial charge on any atom is 0.419 e. The molecule has 0 aliphatic heterocycles. The lowest BCUT2D eigenvalue weighted by Gasteiger charge is -2.16. The van der Waals surface area contributed by atoms with Gasteiger partial charge in [-0.3, -0.25) is 9.36 Å². The summed E-state index contributed by atoms with van der Waals surface area (Å²) >= 11 is 0. The topological polar surface area (TPSA) is 120 Å². The van der Waals surface area contributed by atoms with Gasteiger partial charge in [0.05, 0.1) is 22.6 Å². The summed E-state index contributed by atoms with van der Waals surface area (Å²) in [6, 6.07) is 3.47. The molecular formula is C12H11F3N4O2. The number of anilines is 3. The SMILES string of the molecule is Nc1cc(-n2c(N)c(C(F)(F)F)ccc2=O)cc(O)c1N. The van der Waals surface area contributed by atoms with Crippen LogP contribution in [0.25, 0.3) is 5.69 Å². The summed E-state index contributed by atoms with van der Waals surface area (Å²) in [6.45, 7) is 0. The van der Waals surface area contributed by atoms with Crippen LogP contribution in [0.5, 0.6) is 5.75 Å². The number of rotatable bonds is 1. The first-order valence-corrected chi connectivity index (χ1v) is 5.60. The van der Waals surface area contributed by atoms with Gasteiger partial charge in [-0.25, -0.2) is 0 Å².